The van der Waals surface area contributed by atoms with Gasteiger partial charge in [0.15, 0.2) is 5.13 Å². The third-order valence-corrected chi connectivity index (χ3v) is 5.05. The summed E-state index contributed by atoms with van der Waals surface area (Å²) in [7, 11) is 3.19. The predicted octanol–water partition coefficient (Wildman–Crippen LogP) is 3.47. The fraction of sp³-hybridized carbons (Fsp3) is 0.190. The molecule has 0 saturated carbocycles. The van der Waals surface area contributed by atoms with Gasteiger partial charge in [0.2, 0.25) is 11.8 Å². The van der Waals surface area contributed by atoms with E-state index >= 15 is 0 Å². The molecule has 1 aromatic heterocycles. The number of carbonyl (C=O) groups is 2. The maximum absolute atomic E-state index is 12.4. The lowest BCUT2D eigenvalue weighted by atomic mass is 10.2. The highest BCUT2D eigenvalue weighted by Crippen LogP contribution is 2.29. The van der Waals surface area contributed by atoms with Crippen molar-refractivity contribution in [1.29, 1.82) is 0 Å². The number of methoxy groups -OCH3 is 2. The van der Waals surface area contributed by atoms with Crippen LogP contribution in [0.4, 0.5) is 5.13 Å². The van der Waals surface area contributed by atoms with Gasteiger partial charge in [0.1, 0.15) is 17.5 Å². The number of carbonyl (C=O) groups excluding carboxylic acids is 2. The molecule has 1 atom stereocenters. The zero-order valence-corrected chi connectivity index (χ0v) is 17.1. The molecule has 8 heteroatoms. The lowest BCUT2D eigenvalue weighted by Gasteiger charge is -2.11. The Bertz CT molecular complexity index is 1040. The maximum Gasteiger partial charge on any atom is 0.248 e. The van der Waals surface area contributed by atoms with Crippen LogP contribution < -0.4 is 20.1 Å². The summed E-state index contributed by atoms with van der Waals surface area (Å²) in [5, 5.41) is 5.84. The molecule has 2 amide bonds. The highest BCUT2D eigenvalue weighted by molar-refractivity contribution is 7.22. The first kappa shape index (κ1) is 20.3. The molecule has 2 aromatic carbocycles. The summed E-state index contributed by atoms with van der Waals surface area (Å²) in [4.78, 5) is 28.8. The van der Waals surface area contributed by atoms with Gasteiger partial charge in [-0.05, 0) is 48.9 Å². The van der Waals surface area contributed by atoms with Gasteiger partial charge in [-0.2, -0.15) is 0 Å². The van der Waals surface area contributed by atoms with Crippen molar-refractivity contribution in [3.63, 3.8) is 0 Å². The Morgan fingerprint density at radius 3 is 2.45 bits per heavy atom. The van der Waals surface area contributed by atoms with E-state index in [9.17, 15) is 9.59 Å². The number of benzene rings is 2. The highest BCUT2D eigenvalue weighted by atomic mass is 32.1. The largest absolute Gasteiger partial charge is 0.497 e. The fourth-order valence-corrected chi connectivity index (χ4v) is 3.41. The van der Waals surface area contributed by atoms with Crippen molar-refractivity contribution >= 4 is 44.6 Å². The molecule has 1 heterocycles. The van der Waals surface area contributed by atoms with Crippen molar-refractivity contribution < 1.29 is 19.1 Å². The van der Waals surface area contributed by atoms with Gasteiger partial charge in [-0.1, -0.05) is 23.5 Å². The van der Waals surface area contributed by atoms with Gasteiger partial charge in [0, 0.05) is 6.08 Å². The first-order valence-electron chi connectivity index (χ1n) is 8.86. The SMILES string of the molecule is COc1ccc(/C=C/C(=O)N[C@@H](C)C(=O)Nc2nc3ccc(OC)cc3s2)cc1. The van der Waals surface area contributed by atoms with E-state index < -0.39 is 6.04 Å². The second-order valence-electron chi connectivity index (χ2n) is 6.18. The van der Waals surface area contributed by atoms with Crippen LogP contribution in [-0.4, -0.2) is 37.1 Å². The van der Waals surface area contributed by atoms with Crippen LogP contribution in [0.3, 0.4) is 0 Å². The Morgan fingerprint density at radius 1 is 1.07 bits per heavy atom. The number of nitrogens with one attached hydrogen (secondary N) is 2. The first-order chi connectivity index (χ1) is 14.0. The average Bonchev–Trinajstić information content (AvgIpc) is 3.13. The van der Waals surface area contributed by atoms with Crippen LogP contribution in [0.2, 0.25) is 0 Å². The molecule has 0 saturated heterocycles. The van der Waals surface area contributed by atoms with Crippen LogP contribution in [-0.2, 0) is 9.59 Å². The number of ether oxygens (including phenoxy) is 2. The summed E-state index contributed by atoms with van der Waals surface area (Å²) in [6.45, 7) is 1.62. The van der Waals surface area contributed by atoms with Crippen LogP contribution in [0.1, 0.15) is 12.5 Å². The predicted molar refractivity (Wildman–Crippen MR) is 114 cm³/mol. The summed E-state index contributed by atoms with van der Waals surface area (Å²) in [5.41, 5.74) is 1.62. The molecular formula is C21H21N3O4S. The highest BCUT2D eigenvalue weighted by Gasteiger charge is 2.16. The van der Waals surface area contributed by atoms with Gasteiger partial charge in [-0.3, -0.25) is 9.59 Å². The van der Waals surface area contributed by atoms with E-state index in [1.807, 2.05) is 30.3 Å². The van der Waals surface area contributed by atoms with E-state index in [-0.39, 0.29) is 11.8 Å². The minimum Gasteiger partial charge on any atom is -0.497 e. The zero-order chi connectivity index (χ0) is 20.8. The van der Waals surface area contributed by atoms with E-state index in [4.69, 9.17) is 9.47 Å². The second-order valence-corrected chi connectivity index (χ2v) is 7.21. The van der Waals surface area contributed by atoms with Gasteiger partial charge in [-0.15, -0.1) is 0 Å². The van der Waals surface area contributed by atoms with Crippen LogP contribution in [0.25, 0.3) is 16.3 Å². The van der Waals surface area contributed by atoms with Crippen molar-refractivity contribution in [2.75, 3.05) is 19.5 Å². The zero-order valence-electron chi connectivity index (χ0n) is 16.3. The van der Waals surface area contributed by atoms with E-state index in [0.29, 0.717) is 5.13 Å². The standard InChI is InChI=1S/C21H21N3O4S/c1-13(22-19(25)11-6-14-4-7-15(27-2)8-5-14)20(26)24-21-23-17-10-9-16(28-3)12-18(17)29-21/h4-13H,1-3H3,(H,22,25)(H,23,24,26)/b11-6+/t13-/m0/s1. The van der Waals surface area contributed by atoms with Gasteiger partial charge in [-0.25, -0.2) is 4.98 Å². The summed E-state index contributed by atoms with van der Waals surface area (Å²) in [5.74, 6) is 0.758. The van der Waals surface area contributed by atoms with Crippen molar-refractivity contribution in [2.24, 2.45) is 0 Å². The van der Waals surface area contributed by atoms with Gasteiger partial charge in [0.05, 0.1) is 24.4 Å². The third kappa shape index (κ3) is 5.32. The van der Waals surface area contributed by atoms with Crippen LogP contribution in [0.15, 0.2) is 48.5 Å². The number of thiazole rings is 1. The Balaban J connectivity index is 1.56. The van der Waals surface area contributed by atoms with E-state index in [2.05, 4.69) is 15.6 Å². The molecule has 0 unspecified atom stereocenters. The molecule has 0 spiro atoms. The molecule has 0 radical (unpaired) electrons. The van der Waals surface area contributed by atoms with E-state index in [0.717, 1.165) is 27.3 Å². The molecule has 2 N–H and O–H groups in total. The van der Waals surface area contributed by atoms with Crippen molar-refractivity contribution in [3.8, 4) is 11.5 Å². The Morgan fingerprint density at radius 2 is 1.76 bits per heavy atom. The molecule has 0 aliphatic heterocycles. The number of nitrogens with zero attached hydrogens (tertiary/aromatic N) is 1. The minimum atomic E-state index is -0.718. The monoisotopic (exact) mass is 411 g/mol. The topological polar surface area (TPSA) is 89.5 Å². The quantitative estimate of drug-likeness (QED) is 0.581. The first-order valence-corrected chi connectivity index (χ1v) is 9.68. The average molecular weight is 411 g/mol. The number of hydrogen-bond acceptors (Lipinski definition) is 6. The number of aromatic nitrogens is 1. The molecule has 150 valence electrons. The third-order valence-electron chi connectivity index (χ3n) is 4.12. The van der Waals surface area contributed by atoms with E-state index in [1.54, 1.807) is 39.4 Å². The van der Waals surface area contributed by atoms with Crippen LogP contribution >= 0.6 is 11.3 Å². The summed E-state index contributed by atoms with van der Waals surface area (Å²) in [6, 6.07) is 12.1. The Hall–Kier alpha value is -3.39. The number of fused-ring (bicyclic) bond motifs is 1. The number of hydrogen-bond donors (Lipinski definition) is 2. The van der Waals surface area contributed by atoms with E-state index in [1.165, 1.54) is 17.4 Å². The van der Waals surface area contributed by atoms with Crippen LogP contribution in [0, 0.1) is 0 Å². The minimum absolute atomic E-state index is 0.345. The van der Waals surface area contributed by atoms with Crippen molar-refractivity contribution in [2.45, 2.75) is 13.0 Å². The fourth-order valence-electron chi connectivity index (χ4n) is 2.51. The number of rotatable bonds is 7. The summed E-state index contributed by atoms with van der Waals surface area (Å²) in [6.07, 6.45) is 3.05. The lowest BCUT2D eigenvalue weighted by molar-refractivity contribution is -0.123. The molecule has 0 aliphatic carbocycles. The normalized spacial score (nSPS) is 12.0. The Labute approximate surface area is 172 Å². The molecular weight excluding hydrogens is 390 g/mol. The van der Waals surface area contributed by atoms with Crippen molar-refractivity contribution in [1.82, 2.24) is 10.3 Å². The maximum atomic E-state index is 12.4. The summed E-state index contributed by atoms with van der Waals surface area (Å²) >= 11 is 1.34. The summed E-state index contributed by atoms with van der Waals surface area (Å²) < 4.78 is 11.2. The molecule has 3 rings (SSSR count). The lowest BCUT2D eigenvalue weighted by Crippen LogP contribution is -2.40. The molecule has 29 heavy (non-hydrogen) atoms. The molecule has 0 bridgehead atoms. The molecule has 0 aliphatic rings. The van der Waals surface area contributed by atoms with Gasteiger partial charge >= 0.3 is 0 Å². The number of anilines is 1. The van der Waals surface area contributed by atoms with Crippen molar-refractivity contribution in [3.05, 3.63) is 54.1 Å². The second kappa shape index (κ2) is 9.20. The van der Waals surface area contributed by atoms with Crippen LogP contribution in [0.5, 0.6) is 11.5 Å². The van der Waals surface area contributed by atoms with Gasteiger partial charge < -0.3 is 20.1 Å². The Kier molecular flexibility index (Phi) is 6.46. The van der Waals surface area contributed by atoms with Gasteiger partial charge in [0.25, 0.3) is 0 Å². The molecule has 0 fully saturated rings. The number of amides is 2. The molecule has 7 nitrogen and oxygen atoms in total. The molecule has 3 aromatic rings. The smallest absolute Gasteiger partial charge is 0.248 e.